The lowest BCUT2D eigenvalue weighted by Gasteiger charge is -2.29. The summed E-state index contributed by atoms with van der Waals surface area (Å²) >= 11 is 3.18. The summed E-state index contributed by atoms with van der Waals surface area (Å²) in [5.74, 6) is -0.186. The van der Waals surface area contributed by atoms with E-state index in [0.29, 0.717) is 9.89 Å². The van der Waals surface area contributed by atoms with Crippen molar-refractivity contribution in [3.63, 3.8) is 0 Å². The van der Waals surface area contributed by atoms with Crippen LogP contribution in [0.15, 0.2) is 22.7 Å². The second-order valence-electron chi connectivity index (χ2n) is 5.66. The van der Waals surface area contributed by atoms with Crippen LogP contribution in [0.5, 0.6) is 0 Å². The highest BCUT2D eigenvalue weighted by atomic mass is 79.9. The zero-order chi connectivity index (χ0) is 13.2. The Kier molecular flexibility index (Phi) is 6.24. The molecule has 2 rings (SSSR count). The van der Waals surface area contributed by atoms with Crippen LogP contribution in [0.1, 0.15) is 18.9 Å². The number of hydrogen-bond acceptors (Lipinski definition) is 2. The first-order chi connectivity index (χ1) is 8.48. The SMILES string of the molecule is CN(Cc1ccc(Br)c(F)c1)CC1(C)CCNC1.Cl. The monoisotopic (exact) mass is 350 g/mol. The third kappa shape index (κ3) is 4.71. The van der Waals surface area contributed by atoms with Crippen LogP contribution in [-0.4, -0.2) is 31.6 Å². The van der Waals surface area contributed by atoms with Crippen LogP contribution in [0.2, 0.25) is 0 Å². The van der Waals surface area contributed by atoms with Gasteiger partial charge in [-0.05, 0) is 59.1 Å². The Morgan fingerprint density at radius 1 is 1.47 bits per heavy atom. The lowest BCUT2D eigenvalue weighted by atomic mass is 9.89. The van der Waals surface area contributed by atoms with Crippen molar-refractivity contribution < 1.29 is 4.39 Å². The molecule has 2 nitrogen and oxygen atoms in total. The van der Waals surface area contributed by atoms with Crippen LogP contribution in [-0.2, 0) is 6.54 Å². The van der Waals surface area contributed by atoms with E-state index in [4.69, 9.17) is 0 Å². The average molecular weight is 352 g/mol. The Morgan fingerprint density at radius 3 is 2.79 bits per heavy atom. The lowest BCUT2D eigenvalue weighted by molar-refractivity contribution is 0.203. The maximum absolute atomic E-state index is 13.4. The summed E-state index contributed by atoms with van der Waals surface area (Å²) in [4.78, 5) is 2.27. The Bertz CT molecular complexity index is 422. The van der Waals surface area contributed by atoms with Crippen molar-refractivity contribution in [1.29, 1.82) is 0 Å². The van der Waals surface area contributed by atoms with Crippen LogP contribution in [0.4, 0.5) is 4.39 Å². The highest BCUT2D eigenvalue weighted by molar-refractivity contribution is 9.10. The predicted octanol–water partition coefficient (Wildman–Crippen LogP) is 3.44. The summed E-state index contributed by atoms with van der Waals surface area (Å²) in [6.45, 7) is 6.33. The molecule has 0 amide bonds. The highest BCUT2D eigenvalue weighted by Gasteiger charge is 2.29. The fourth-order valence-corrected chi connectivity index (χ4v) is 2.91. The molecule has 0 radical (unpaired) electrons. The van der Waals surface area contributed by atoms with Crippen LogP contribution >= 0.6 is 28.3 Å². The van der Waals surface area contributed by atoms with Gasteiger partial charge in [0.2, 0.25) is 0 Å². The van der Waals surface area contributed by atoms with Crippen molar-refractivity contribution in [3.05, 3.63) is 34.1 Å². The molecule has 1 N–H and O–H groups in total. The molecule has 1 heterocycles. The first kappa shape index (κ1) is 16.9. The molecule has 1 atom stereocenters. The van der Waals surface area contributed by atoms with Crippen molar-refractivity contribution >= 4 is 28.3 Å². The van der Waals surface area contributed by atoms with Crippen molar-refractivity contribution in [2.45, 2.75) is 19.9 Å². The molecule has 1 saturated heterocycles. The maximum atomic E-state index is 13.4. The van der Waals surface area contributed by atoms with E-state index in [0.717, 1.165) is 31.7 Å². The average Bonchev–Trinajstić information content (AvgIpc) is 2.70. The molecule has 0 aliphatic carbocycles. The van der Waals surface area contributed by atoms with Gasteiger partial charge in [-0.15, -0.1) is 12.4 Å². The normalized spacial score (nSPS) is 22.6. The number of hydrogen-bond donors (Lipinski definition) is 1. The van der Waals surface area contributed by atoms with Crippen molar-refractivity contribution in [3.8, 4) is 0 Å². The van der Waals surface area contributed by atoms with Crippen molar-refractivity contribution in [1.82, 2.24) is 10.2 Å². The zero-order valence-corrected chi connectivity index (χ0v) is 13.8. The Hall–Kier alpha value is -0.160. The number of nitrogens with zero attached hydrogens (tertiary/aromatic N) is 1. The second kappa shape index (κ2) is 7.02. The maximum Gasteiger partial charge on any atom is 0.137 e. The predicted molar refractivity (Wildman–Crippen MR) is 83.3 cm³/mol. The number of nitrogens with one attached hydrogen (secondary N) is 1. The summed E-state index contributed by atoms with van der Waals surface area (Å²) in [5.41, 5.74) is 1.37. The van der Waals surface area contributed by atoms with Crippen LogP contribution in [0, 0.1) is 11.2 Å². The molecule has 1 fully saturated rings. The van der Waals surface area contributed by atoms with Gasteiger partial charge >= 0.3 is 0 Å². The minimum Gasteiger partial charge on any atom is -0.316 e. The molecule has 1 aromatic carbocycles. The fourth-order valence-electron chi connectivity index (χ4n) is 2.66. The van der Waals surface area contributed by atoms with Gasteiger partial charge in [0.25, 0.3) is 0 Å². The summed E-state index contributed by atoms with van der Waals surface area (Å²) in [6, 6.07) is 5.35. The van der Waals surface area contributed by atoms with E-state index in [-0.39, 0.29) is 18.2 Å². The van der Waals surface area contributed by atoms with Crippen LogP contribution in [0.25, 0.3) is 0 Å². The van der Waals surface area contributed by atoms with E-state index in [2.05, 4.69) is 40.1 Å². The largest absolute Gasteiger partial charge is 0.316 e. The van der Waals surface area contributed by atoms with Crippen molar-refractivity contribution in [2.24, 2.45) is 5.41 Å². The Balaban J connectivity index is 0.00000180. The quantitative estimate of drug-likeness (QED) is 0.894. The molecule has 0 bridgehead atoms. The Labute approximate surface area is 129 Å². The topological polar surface area (TPSA) is 15.3 Å². The van der Waals surface area contributed by atoms with Gasteiger partial charge in [-0.3, -0.25) is 0 Å². The van der Waals surface area contributed by atoms with Gasteiger partial charge in [0.15, 0.2) is 0 Å². The van der Waals surface area contributed by atoms with E-state index in [1.165, 1.54) is 6.42 Å². The van der Waals surface area contributed by atoms with Gasteiger partial charge in [-0.1, -0.05) is 13.0 Å². The summed E-state index contributed by atoms with van der Waals surface area (Å²) in [5, 5.41) is 3.41. The first-order valence-electron chi connectivity index (χ1n) is 6.32. The lowest BCUT2D eigenvalue weighted by Crippen LogP contribution is -2.34. The molecule has 1 aliphatic rings. The van der Waals surface area contributed by atoms with E-state index in [9.17, 15) is 4.39 Å². The smallest absolute Gasteiger partial charge is 0.137 e. The van der Waals surface area contributed by atoms with Gasteiger partial charge in [-0.25, -0.2) is 4.39 Å². The number of benzene rings is 1. The van der Waals surface area contributed by atoms with Crippen LogP contribution in [0.3, 0.4) is 0 Å². The highest BCUT2D eigenvalue weighted by Crippen LogP contribution is 2.26. The minimum atomic E-state index is -0.186. The van der Waals surface area contributed by atoms with Gasteiger partial charge in [0.1, 0.15) is 5.82 Å². The molecule has 108 valence electrons. The molecule has 1 unspecified atom stereocenters. The molecule has 19 heavy (non-hydrogen) atoms. The standard InChI is InChI=1S/C14H20BrFN2.ClH/c1-14(5-6-17-9-14)10-18(2)8-11-3-4-12(15)13(16)7-11;/h3-4,7,17H,5-6,8-10H2,1-2H3;1H. The summed E-state index contributed by atoms with van der Waals surface area (Å²) in [6.07, 6.45) is 1.21. The van der Waals surface area contributed by atoms with E-state index in [1.807, 2.05) is 6.07 Å². The third-order valence-corrected chi connectivity index (χ3v) is 4.19. The summed E-state index contributed by atoms with van der Waals surface area (Å²) < 4.78 is 14.0. The zero-order valence-electron chi connectivity index (χ0n) is 11.4. The summed E-state index contributed by atoms with van der Waals surface area (Å²) in [7, 11) is 2.10. The molecule has 0 aromatic heterocycles. The third-order valence-electron chi connectivity index (χ3n) is 3.55. The van der Waals surface area contributed by atoms with Crippen molar-refractivity contribution in [2.75, 3.05) is 26.7 Å². The molecule has 0 spiro atoms. The number of halogens is 3. The Morgan fingerprint density at radius 2 is 2.21 bits per heavy atom. The van der Waals surface area contributed by atoms with Gasteiger partial charge in [0, 0.05) is 19.6 Å². The molecule has 0 saturated carbocycles. The molecule has 1 aliphatic heterocycles. The minimum absolute atomic E-state index is 0. The second-order valence-corrected chi connectivity index (χ2v) is 6.51. The van der Waals surface area contributed by atoms with Gasteiger partial charge in [-0.2, -0.15) is 0 Å². The number of rotatable bonds is 4. The van der Waals surface area contributed by atoms with E-state index >= 15 is 0 Å². The van der Waals surface area contributed by atoms with Gasteiger partial charge in [0.05, 0.1) is 4.47 Å². The first-order valence-corrected chi connectivity index (χ1v) is 7.11. The molecular weight excluding hydrogens is 331 g/mol. The van der Waals surface area contributed by atoms with E-state index < -0.39 is 0 Å². The van der Waals surface area contributed by atoms with Crippen LogP contribution < -0.4 is 5.32 Å². The fraction of sp³-hybridized carbons (Fsp3) is 0.571. The van der Waals surface area contributed by atoms with E-state index in [1.54, 1.807) is 12.1 Å². The molecular formula is C14H21BrClFN2. The van der Waals surface area contributed by atoms with Gasteiger partial charge < -0.3 is 10.2 Å². The molecule has 5 heteroatoms. The molecule has 1 aromatic rings.